The number of hydrogen-bond acceptors (Lipinski definition) is 3. The highest BCUT2D eigenvalue weighted by atomic mass is 19.3. The van der Waals surface area contributed by atoms with E-state index in [4.69, 9.17) is 0 Å². The number of carbonyl (C=O) groups excluding carboxylic acids is 2. The zero-order valence-electron chi connectivity index (χ0n) is 5.57. The van der Waals surface area contributed by atoms with Crippen molar-refractivity contribution in [1.29, 1.82) is 0 Å². The maximum absolute atomic E-state index is 11.9. The number of hydrogen-bond donors (Lipinski definition) is 0. The number of esters is 2. The maximum Gasteiger partial charge on any atom is 0.387 e. The van der Waals surface area contributed by atoms with Crippen LogP contribution in [-0.2, 0) is 14.3 Å². The first-order valence-corrected chi connectivity index (χ1v) is 2.57. The molecule has 0 saturated heterocycles. The van der Waals surface area contributed by atoms with Crippen molar-refractivity contribution in [3.8, 4) is 0 Å². The van der Waals surface area contributed by atoms with Crippen LogP contribution in [0, 0.1) is 0 Å². The molecular formula is C5H5F3O3. The molecule has 0 aromatic rings. The monoisotopic (exact) mass is 170 g/mol. The molecule has 0 N–H and O–H groups in total. The van der Waals surface area contributed by atoms with Crippen LogP contribution in [0.3, 0.4) is 0 Å². The van der Waals surface area contributed by atoms with E-state index < -0.39 is 24.5 Å². The molecule has 11 heavy (non-hydrogen) atoms. The molecule has 64 valence electrons. The summed E-state index contributed by atoms with van der Waals surface area (Å²) in [5.74, 6) is -7.57. The normalized spacial score (nSPS) is 10.9. The predicted octanol–water partition coefficient (Wildman–Crippen LogP) is 0.681. The minimum atomic E-state index is -4.22. The lowest BCUT2D eigenvalue weighted by Crippen LogP contribution is -2.33. The summed E-state index contributed by atoms with van der Waals surface area (Å²) in [6.07, 6.45) is 0. The molecule has 0 amide bonds. The third-order valence-corrected chi connectivity index (χ3v) is 0.703. The first-order valence-electron chi connectivity index (χ1n) is 2.57. The van der Waals surface area contributed by atoms with Gasteiger partial charge in [-0.2, -0.15) is 8.78 Å². The molecule has 0 unspecified atom stereocenters. The van der Waals surface area contributed by atoms with Crippen molar-refractivity contribution in [2.45, 2.75) is 12.8 Å². The molecule has 0 aliphatic rings. The highest BCUT2D eigenvalue weighted by Crippen LogP contribution is 2.15. The van der Waals surface area contributed by atoms with E-state index in [0.717, 1.165) is 6.92 Å². The van der Waals surface area contributed by atoms with Crippen molar-refractivity contribution in [1.82, 2.24) is 0 Å². The first-order chi connectivity index (χ1) is 4.90. The molecule has 0 heterocycles. The van der Waals surface area contributed by atoms with Crippen LogP contribution in [-0.4, -0.2) is 24.5 Å². The fraction of sp³-hybridized carbons (Fsp3) is 0.600. The fourth-order valence-electron chi connectivity index (χ4n) is 0.260. The number of rotatable bonds is 2. The van der Waals surface area contributed by atoms with Crippen molar-refractivity contribution in [3.05, 3.63) is 0 Å². The lowest BCUT2D eigenvalue weighted by Gasteiger charge is -2.07. The van der Waals surface area contributed by atoms with Crippen LogP contribution in [0.25, 0.3) is 0 Å². The van der Waals surface area contributed by atoms with Crippen molar-refractivity contribution >= 4 is 11.9 Å². The summed E-state index contributed by atoms with van der Waals surface area (Å²) in [5, 5.41) is 0. The molecule has 0 rings (SSSR count). The predicted molar refractivity (Wildman–Crippen MR) is 27.7 cm³/mol. The van der Waals surface area contributed by atoms with Gasteiger partial charge in [0.2, 0.25) is 0 Å². The minimum absolute atomic E-state index is 0.770. The molecule has 0 aromatic heterocycles. The van der Waals surface area contributed by atoms with Crippen LogP contribution in [0.5, 0.6) is 0 Å². The number of alkyl halides is 3. The highest BCUT2D eigenvalue weighted by Gasteiger charge is 2.41. The van der Waals surface area contributed by atoms with E-state index in [2.05, 4.69) is 4.74 Å². The van der Waals surface area contributed by atoms with Gasteiger partial charge in [-0.25, -0.2) is 9.18 Å². The van der Waals surface area contributed by atoms with Crippen molar-refractivity contribution in [3.63, 3.8) is 0 Å². The number of carbonyl (C=O) groups is 2. The van der Waals surface area contributed by atoms with Crippen molar-refractivity contribution in [2.75, 3.05) is 6.67 Å². The Bertz CT molecular complexity index is 178. The molecule has 0 radical (unpaired) electrons. The molecule has 0 fully saturated rings. The van der Waals surface area contributed by atoms with Gasteiger partial charge in [-0.3, -0.25) is 4.79 Å². The summed E-state index contributed by atoms with van der Waals surface area (Å²) < 4.78 is 38.6. The Balaban J connectivity index is 4.13. The van der Waals surface area contributed by atoms with Gasteiger partial charge in [-0.1, -0.05) is 0 Å². The topological polar surface area (TPSA) is 43.4 Å². The summed E-state index contributed by atoms with van der Waals surface area (Å²) in [6.45, 7) is -1.40. The Labute approximate surface area is 60.1 Å². The summed E-state index contributed by atoms with van der Waals surface area (Å²) in [5.41, 5.74) is 0. The van der Waals surface area contributed by atoms with E-state index in [0.29, 0.717) is 0 Å². The molecule has 0 aliphatic heterocycles. The number of halogens is 3. The molecule has 0 aliphatic carbocycles. The van der Waals surface area contributed by atoms with Crippen LogP contribution < -0.4 is 0 Å². The zero-order valence-corrected chi connectivity index (χ0v) is 5.57. The SMILES string of the molecule is CC(=O)OC(=O)C(F)(F)CF. The van der Waals surface area contributed by atoms with E-state index in [1.165, 1.54) is 0 Å². The molecule has 0 bridgehead atoms. The maximum atomic E-state index is 11.9. The molecular weight excluding hydrogens is 165 g/mol. The van der Waals surface area contributed by atoms with E-state index in [1.54, 1.807) is 0 Å². The minimum Gasteiger partial charge on any atom is -0.389 e. The third-order valence-electron chi connectivity index (χ3n) is 0.703. The Morgan fingerprint density at radius 2 is 1.91 bits per heavy atom. The number of ether oxygens (including phenoxy) is 1. The largest absolute Gasteiger partial charge is 0.389 e. The lowest BCUT2D eigenvalue weighted by molar-refractivity contribution is -0.179. The van der Waals surface area contributed by atoms with Gasteiger partial charge in [0.05, 0.1) is 0 Å². The molecule has 0 spiro atoms. The second-order valence-electron chi connectivity index (χ2n) is 1.72. The average molecular weight is 170 g/mol. The zero-order chi connectivity index (χ0) is 9.07. The first kappa shape index (κ1) is 9.93. The van der Waals surface area contributed by atoms with Gasteiger partial charge in [0.25, 0.3) is 0 Å². The van der Waals surface area contributed by atoms with E-state index >= 15 is 0 Å². The molecule has 6 heteroatoms. The Morgan fingerprint density at radius 3 is 2.18 bits per heavy atom. The van der Waals surface area contributed by atoms with Crippen LogP contribution in [0.1, 0.15) is 6.92 Å². The summed E-state index contributed by atoms with van der Waals surface area (Å²) in [4.78, 5) is 20.0. The van der Waals surface area contributed by atoms with Crippen LogP contribution in [0.15, 0.2) is 0 Å². The van der Waals surface area contributed by atoms with Crippen molar-refractivity contribution in [2.24, 2.45) is 0 Å². The molecule has 3 nitrogen and oxygen atoms in total. The van der Waals surface area contributed by atoms with Gasteiger partial charge in [0.1, 0.15) is 0 Å². The Morgan fingerprint density at radius 1 is 1.45 bits per heavy atom. The standard InChI is InChI=1S/C5H5F3O3/c1-3(9)11-4(10)5(7,8)2-6/h2H2,1H3. The van der Waals surface area contributed by atoms with Crippen LogP contribution >= 0.6 is 0 Å². The van der Waals surface area contributed by atoms with E-state index in [9.17, 15) is 22.8 Å². The van der Waals surface area contributed by atoms with E-state index in [1.807, 2.05) is 0 Å². The third kappa shape index (κ3) is 3.01. The summed E-state index contributed by atoms with van der Waals surface area (Å²) >= 11 is 0. The van der Waals surface area contributed by atoms with Crippen molar-refractivity contribution < 1.29 is 27.5 Å². The second-order valence-corrected chi connectivity index (χ2v) is 1.72. The van der Waals surface area contributed by atoms with Gasteiger partial charge in [-0.05, 0) is 0 Å². The van der Waals surface area contributed by atoms with Gasteiger partial charge >= 0.3 is 17.9 Å². The Hall–Kier alpha value is -1.07. The smallest absolute Gasteiger partial charge is 0.387 e. The van der Waals surface area contributed by atoms with Crippen LogP contribution in [0.4, 0.5) is 13.2 Å². The lowest BCUT2D eigenvalue weighted by atomic mass is 10.4. The average Bonchev–Trinajstić information content (AvgIpc) is 1.86. The summed E-state index contributed by atoms with van der Waals surface area (Å²) in [6, 6.07) is 0. The summed E-state index contributed by atoms with van der Waals surface area (Å²) in [7, 11) is 0. The molecule has 0 atom stereocenters. The van der Waals surface area contributed by atoms with Gasteiger partial charge < -0.3 is 4.74 Å². The second kappa shape index (κ2) is 3.36. The van der Waals surface area contributed by atoms with Gasteiger partial charge in [0, 0.05) is 6.92 Å². The van der Waals surface area contributed by atoms with Gasteiger partial charge in [0.15, 0.2) is 6.67 Å². The highest BCUT2D eigenvalue weighted by molar-refractivity contribution is 5.88. The van der Waals surface area contributed by atoms with E-state index in [-0.39, 0.29) is 0 Å². The molecule has 0 saturated carbocycles. The Kier molecular flexibility index (Phi) is 3.03. The fourth-order valence-corrected chi connectivity index (χ4v) is 0.260. The van der Waals surface area contributed by atoms with Gasteiger partial charge in [-0.15, -0.1) is 0 Å². The molecule has 0 aromatic carbocycles. The van der Waals surface area contributed by atoms with Crippen LogP contribution in [0.2, 0.25) is 0 Å². The quantitative estimate of drug-likeness (QED) is 0.452.